The molecule has 0 aliphatic rings. The van der Waals surface area contributed by atoms with Gasteiger partial charge in [-0.25, -0.2) is 13.6 Å². The van der Waals surface area contributed by atoms with Crippen molar-refractivity contribution in [1.82, 2.24) is 10.2 Å². The molecule has 0 fully saturated rings. The van der Waals surface area contributed by atoms with Gasteiger partial charge in [0, 0.05) is 6.04 Å². The Morgan fingerprint density at radius 2 is 1.76 bits per heavy atom. The van der Waals surface area contributed by atoms with Gasteiger partial charge in [0.2, 0.25) is 10.0 Å². The van der Waals surface area contributed by atoms with Gasteiger partial charge in [0.15, 0.2) is 0 Å². The summed E-state index contributed by atoms with van der Waals surface area (Å²) >= 11 is 0. The second kappa shape index (κ2) is 8.48. The molecule has 21 heavy (non-hydrogen) atoms. The van der Waals surface area contributed by atoms with E-state index in [1.165, 1.54) is 0 Å². The van der Waals surface area contributed by atoms with E-state index in [-0.39, 0.29) is 10.9 Å². The SMILES string of the molecule is CCN(CC)CCCNC(C)c1ccc(S(N)(=O)=O)cc1. The minimum absolute atomic E-state index is 0.153. The molecule has 0 bridgehead atoms. The Bertz CT molecular complexity index is 510. The zero-order valence-corrected chi connectivity index (χ0v) is 14.0. The van der Waals surface area contributed by atoms with E-state index in [0.29, 0.717) is 0 Å². The predicted octanol–water partition coefficient (Wildman–Crippen LogP) is 1.72. The molecule has 5 nitrogen and oxygen atoms in total. The fourth-order valence-electron chi connectivity index (χ4n) is 2.23. The topological polar surface area (TPSA) is 75.4 Å². The lowest BCUT2D eigenvalue weighted by molar-refractivity contribution is 0.296. The van der Waals surface area contributed by atoms with E-state index in [2.05, 4.69) is 31.0 Å². The summed E-state index contributed by atoms with van der Waals surface area (Å²) in [4.78, 5) is 2.55. The highest BCUT2D eigenvalue weighted by atomic mass is 32.2. The number of benzene rings is 1. The van der Waals surface area contributed by atoms with Gasteiger partial charge in [0.05, 0.1) is 4.90 Å². The van der Waals surface area contributed by atoms with Crippen LogP contribution in [0, 0.1) is 0 Å². The molecule has 120 valence electrons. The van der Waals surface area contributed by atoms with Crippen LogP contribution in [0.25, 0.3) is 0 Å². The first-order chi connectivity index (χ1) is 9.88. The summed E-state index contributed by atoms with van der Waals surface area (Å²) in [6.07, 6.45) is 1.10. The van der Waals surface area contributed by atoms with Crippen molar-refractivity contribution in [2.45, 2.75) is 38.1 Å². The average Bonchev–Trinajstić information content (AvgIpc) is 2.46. The van der Waals surface area contributed by atoms with Crippen LogP contribution < -0.4 is 10.5 Å². The predicted molar refractivity (Wildman–Crippen MR) is 86.6 cm³/mol. The number of rotatable bonds is 9. The first-order valence-corrected chi connectivity index (χ1v) is 9.01. The fourth-order valence-corrected chi connectivity index (χ4v) is 2.74. The van der Waals surface area contributed by atoms with Gasteiger partial charge in [-0.3, -0.25) is 0 Å². The maximum absolute atomic E-state index is 11.2. The van der Waals surface area contributed by atoms with E-state index in [1.54, 1.807) is 12.1 Å². The van der Waals surface area contributed by atoms with Crippen molar-refractivity contribution >= 4 is 10.0 Å². The molecule has 6 heteroatoms. The van der Waals surface area contributed by atoms with E-state index in [0.717, 1.165) is 38.2 Å². The molecule has 0 aromatic heterocycles. The smallest absolute Gasteiger partial charge is 0.238 e. The molecule has 0 amide bonds. The highest BCUT2D eigenvalue weighted by molar-refractivity contribution is 7.89. The van der Waals surface area contributed by atoms with Gasteiger partial charge >= 0.3 is 0 Å². The molecule has 0 spiro atoms. The Hall–Kier alpha value is -0.950. The minimum atomic E-state index is -3.61. The van der Waals surface area contributed by atoms with Crippen LogP contribution in [0.1, 0.15) is 38.8 Å². The molecule has 3 N–H and O–H groups in total. The summed E-state index contributed by atoms with van der Waals surface area (Å²) < 4.78 is 22.4. The van der Waals surface area contributed by atoms with Crippen molar-refractivity contribution in [3.63, 3.8) is 0 Å². The van der Waals surface area contributed by atoms with Crippen molar-refractivity contribution in [3.8, 4) is 0 Å². The van der Waals surface area contributed by atoms with Gasteiger partial charge in [-0.15, -0.1) is 0 Å². The van der Waals surface area contributed by atoms with Crippen molar-refractivity contribution in [2.24, 2.45) is 5.14 Å². The van der Waals surface area contributed by atoms with Crippen LogP contribution in [-0.4, -0.2) is 39.5 Å². The number of hydrogen-bond donors (Lipinski definition) is 2. The molecule has 0 heterocycles. The number of primary sulfonamides is 1. The Labute approximate surface area is 128 Å². The van der Waals surface area contributed by atoms with Gasteiger partial charge < -0.3 is 10.2 Å². The lowest BCUT2D eigenvalue weighted by Gasteiger charge is -2.19. The van der Waals surface area contributed by atoms with Crippen molar-refractivity contribution in [1.29, 1.82) is 0 Å². The van der Waals surface area contributed by atoms with Crippen LogP contribution in [0.5, 0.6) is 0 Å². The Morgan fingerprint density at radius 1 is 1.19 bits per heavy atom. The summed E-state index contributed by atoms with van der Waals surface area (Å²) in [5, 5.41) is 8.54. The summed E-state index contributed by atoms with van der Waals surface area (Å²) in [6.45, 7) is 10.6. The number of nitrogens with one attached hydrogen (secondary N) is 1. The molecular weight excluding hydrogens is 286 g/mol. The van der Waals surface area contributed by atoms with E-state index in [4.69, 9.17) is 5.14 Å². The van der Waals surface area contributed by atoms with Crippen molar-refractivity contribution in [3.05, 3.63) is 29.8 Å². The summed E-state index contributed by atoms with van der Waals surface area (Å²) in [5.74, 6) is 0. The number of nitrogens with two attached hydrogens (primary N) is 1. The average molecular weight is 313 g/mol. The Morgan fingerprint density at radius 3 is 2.24 bits per heavy atom. The second-order valence-corrected chi connectivity index (χ2v) is 6.73. The van der Waals surface area contributed by atoms with Crippen LogP contribution in [0.2, 0.25) is 0 Å². The molecule has 0 saturated heterocycles. The van der Waals surface area contributed by atoms with Gasteiger partial charge in [-0.1, -0.05) is 26.0 Å². The van der Waals surface area contributed by atoms with Gasteiger partial charge in [0.25, 0.3) is 0 Å². The first kappa shape index (κ1) is 18.1. The van der Waals surface area contributed by atoms with Gasteiger partial charge in [-0.2, -0.15) is 0 Å². The molecule has 0 saturated carbocycles. The monoisotopic (exact) mass is 313 g/mol. The lowest BCUT2D eigenvalue weighted by atomic mass is 10.1. The number of nitrogens with zero attached hydrogens (tertiary/aromatic N) is 1. The summed E-state index contributed by atoms with van der Waals surface area (Å²) in [7, 11) is -3.61. The Balaban J connectivity index is 2.44. The fraction of sp³-hybridized carbons (Fsp3) is 0.600. The van der Waals surface area contributed by atoms with E-state index in [9.17, 15) is 8.42 Å². The zero-order valence-electron chi connectivity index (χ0n) is 13.2. The standard InChI is InChI=1S/C15H27N3O2S/c1-4-18(5-2)12-6-11-17-13(3)14-7-9-15(10-8-14)21(16,19)20/h7-10,13,17H,4-6,11-12H2,1-3H3,(H2,16,19,20). The zero-order chi connectivity index (χ0) is 15.9. The Kier molecular flexibility index (Phi) is 7.31. The largest absolute Gasteiger partial charge is 0.310 e. The molecule has 0 aliphatic carbocycles. The lowest BCUT2D eigenvalue weighted by Crippen LogP contribution is -2.28. The van der Waals surface area contributed by atoms with Crippen LogP contribution in [0.15, 0.2) is 29.2 Å². The third-order valence-electron chi connectivity index (χ3n) is 3.70. The second-order valence-electron chi connectivity index (χ2n) is 5.17. The van der Waals surface area contributed by atoms with Crippen LogP contribution in [0.3, 0.4) is 0 Å². The van der Waals surface area contributed by atoms with Crippen LogP contribution >= 0.6 is 0 Å². The highest BCUT2D eigenvalue weighted by Gasteiger charge is 2.09. The first-order valence-electron chi connectivity index (χ1n) is 7.47. The highest BCUT2D eigenvalue weighted by Crippen LogP contribution is 2.15. The molecule has 0 radical (unpaired) electrons. The molecule has 1 aromatic carbocycles. The molecular formula is C15H27N3O2S. The number of hydrogen-bond acceptors (Lipinski definition) is 4. The maximum atomic E-state index is 11.2. The van der Waals surface area contributed by atoms with E-state index < -0.39 is 10.0 Å². The molecule has 1 rings (SSSR count). The normalized spacial score (nSPS) is 13.6. The van der Waals surface area contributed by atoms with Crippen molar-refractivity contribution < 1.29 is 8.42 Å². The molecule has 1 aromatic rings. The molecule has 1 atom stereocenters. The summed E-state index contributed by atoms with van der Waals surface area (Å²) in [6, 6.07) is 6.91. The van der Waals surface area contributed by atoms with Gasteiger partial charge in [0.1, 0.15) is 0 Å². The van der Waals surface area contributed by atoms with Crippen LogP contribution in [-0.2, 0) is 10.0 Å². The van der Waals surface area contributed by atoms with Gasteiger partial charge in [-0.05, 0) is 57.2 Å². The third-order valence-corrected chi connectivity index (χ3v) is 4.63. The minimum Gasteiger partial charge on any atom is -0.310 e. The van der Waals surface area contributed by atoms with Crippen molar-refractivity contribution in [2.75, 3.05) is 26.2 Å². The summed E-state index contributed by atoms with van der Waals surface area (Å²) in [5.41, 5.74) is 1.06. The van der Waals surface area contributed by atoms with E-state index >= 15 is 0 Å². The van der Waals surface area contributed by atoms with Crippen LogP contribution in [0.4, 0.5) is 0 Å². The molecule has 1 unspecified atom stereocenters. The molecule has 0 aliphatic heterocycles. The maximum Gasteiger partial charge on any atom is 0.238 e. The number of sulfonamides is 1. The third kappa shape index (κ3) is 6.13. The quantitative estimate of drug-likeness (QED) is 0.681. The van der Waals surface area contributed by atoms with E-state index in [1.807, 2.05) is 12.1 Å².